The Morgan fingerprint density at radius 3 is 1.81 bits per heavy atom. The van der Waals surface area contributed by atoms with E-state index in [1.165, 1.54) is 0 Å². The summed E-state index contributed by atoms with van der Waals surface area (Å²) in [5.41, 5.74) is -0.471. The average Bonchev–Trinajstić information content (AvgIpc) is 2.51. The van der Waals surface area contributed by atoms with E-state index in [1.54, 1.807) is 0 Å². The molecule has 0 unspecified atom stereocenters. The molecule has 0 spiro atoms. The SMILES string of the molecule is CC(C)(C)OC(=O)NCCCCCCNC(=O)CCCCCCC(=O)O. The van der Waals surface area contributed by atoms with Crippen LogP contribution in [0.2, 0.25) is 0 Å². The van der Waals surface area contributed by atoms with Gasteiger partial charge in [0, 0.05) is 25.9 Å². The zero-order chi connectivity index (χ0) is 19.8. The molecule has 0 aliphatic carbocycles. The predicted octanol–water partition coefficient (Wildman–Crippen LogP) is 3.61. The third-order valence-corrected chi connectivity index (χ3v) is 3.64. The van der Waals surface area contributed by atoms with Gasteiger partial charge in [0.15, 0.2) is 0 Å². The van der Waals surface area contributed by atoms with Gasteiger partial charge in [0.2, 0.25) is 5.91 Å². The van der Waals surface area contributed by atoms with E-state index in [-0.39, 0.29) is 18.4 Å². The van der Waals surface area contributed by atoms with E-state index < -0.39 is 11.6 Å². The average molecular weight is 373 g/mol. The van der Waals surface area contributed by atoms with E-state index in [1.807, 2.05) is 20.8 Å². The van der Waals surface area contributed by atoms with Crippen molar-refractivity contribution < 1.29 is 24.2 Å². The molecule has 26 heavy (non-hydrogen) atoms. The Bertz CT molecular complexity index is 419. The Kier molecular flexibility index (Phi) is 13.4. The highest BCUT2D eigenvalue weighted by Crippen LogP contribution is 2.07. The molecule has 0 fully saturated rings. The van der Waals surface area contributed by atoms with Crippen molar-refractivity contribution in [3.05, 3.63) is 0 Å². The first-order chi connectivity index (χ1) is 12.2. The van der Waals surface area contributed by atoms with Gasteiger partial charge >= 0.3 is 12.1 Å². The molecule has 0 saturated carbocycles. The maximum Gasteiger partial charge on any atom is 0.407 e. The van der Waals surface area contributed by atoms with E-state index in [9.17, 15) is 14.4 Å². The molecule has 0 atom stereocenters. The van der Waals surface area contributed by atoms with Crippen molar-refractivity contribution in [2.75, 3.05) is 13.1 Å². The Labute approximate surface area is 157 Å². The maximum atomic E-state index is 11.6. The lowest BCUT2D eigenvalue weighted by molar-refractivity contribution is -0.137. The van der Waals surface area contributed by atoms with Crippen LogP contribution in [0.15, 0.2) is 0 Å². The van der Waals surface area contributed by atoms with Crippen molar-refractivity contribution >= 4 is 18.0 Å². The van der Waals surface area contributed by atoms with Crippen LogP contribution in [0, 0.1) is 0 Å². The number of unbranched alkanes of at least 4 members (excludes halogenated alkanes) is 6. The fraction of sp³-hybridized carbons (Fsp3) is 0.842. The van der Waals surface area contributed by atoms with E-state index in [0.717, 1.165) is 44.9 Å². The number of aliphatic carboxylic acids is 1. The lowest BCUT2D eigenvalue weighted by Gasteiger charge is -2.19. The van der Waals surface area contributed by atoms with Crippen molar-refractivity contribution in [2.24, 2.45) is 0 Å². The number of carbonyl (C=O) groups is 3. The third kappa shape index (κ3) is 18.5. The van der Waals surface area contributed by atoms with Gasteiger partial charge in [-0.2, -0.15) is 0 Å². The molecule has 0 radical (unpaired) electrons. The molecule has 0 bridgehead atoms. The summed E-state index contributed by atoms with van der Waals surface area (Å²) in [6.45, 7) is 6.78. The van der Waals surface area contributed by atoms with Gasteiger partial charge in [0.05, 0.1) is 0 Å². The van der Waals surface area contributed by atoms with E-state index in [0.29, 0.717) is 25.9 Å². The number of rotatable bonds is 14. The molecule has 0 rings (SSSR count). The first-order valence-corrected chi connectivity index (χ1v) is 9.66. The van der Waals surface area contributed by atoms with Gasteiger partial charge in [0.1, 0.15) is 5.60 Å². The Morgan fingerprint density at radius 2 is 1.27 bits per heavy atom. The number of carboxylic acids is 1. The summed E-state index contributed by atoms with van der Waals surface area (Å²) >= 11 is 0. The summed E-state index contributed by atoms with van der Waals surface area (Å²) in [5, 5.41) is 14.2. The van der Waals surface area contributed by atoms with Crippen molar-refractivity contribution in [1.29, 1.82) is 0 Å². The number of amides is 2. The van der Waals surface area contributed by atoms with Gasteiger partial charge in [0.25, 0.3) is 0 Å². The van der Waals surface area contributed by atoms with Gasteiger partial charge in [-0.05, 0) is 46.5 Å². The Morgan fingerprint density at radius 1 is 0.769 bits per heavy atom. The summed E-state index contributed by atoms with van der Waals surface area (Å²) < 4.78 is 5.15. The molecule has 2 amide bonds. The predicted molar refractivity (Wildman–Crippen MR) is 101 cm³/mol. The maximum absolute atomic E-state index is 11.6. The molecule has 0 aromatic heterocycles. The number of hydrogen-bond acceptors (Lipinski definition) is 4. The molecule has 152 valence electrons. The van der Waals surface area contributed by atoms with Crippen LogP contribution in [0.4, 0.5) is 4.79 Å². The lowest BCUT2D eigenvalue weighted by atomic mass is 10.1. The minimum absolute atomic E-state index is 0.0647. The second kappa shape index (κ2) is 14.4. The molecule has 0 aromatic carbocycles. The number of alkyl carbamates (subject to hydrolysis) is 1. The second-order valence-electron chi connectivity index (χ2n) is 7.50. The fourth-order valence-electron chi connectivity index (χ4n) is 2.34. The van der Waals surface area contributed by atoms with Gasteiger partial charge in [-0.3, -0.25) is 9.59 Å². The topological polar surface area (TPSA) is 105 Å². The summed E-state index contributed by atoms with van der Waals surface area (Å²) in [7, 11) is 0. The number of carboxylic acid groups (broad SMARTS) is 1. The molecule has 0 aliphatic rings. The fourth-order valence-corrected chi connectivity index (χ4v) is 2.34. The van der Waals surface area contributed by atoms with Gasteiger partial charge in [-0.15, -0.1) is 0 Å². The van der Waals surface area contributed by atoms with Crippen LogP contribution in [0.5, 0.6) is 0 Å². The molecular formula is C19H36N2O5. The smallest absolute Gasteiger partial charge is 0.407 e. The van der Waals surface area contributed by atoms with E-state index in [4.69, 9.17) is 9.84 Å². The Balaban J connectivity index is 3.35. The van der Waals surface area contributed by atoms with Crippen molar-refractivity contribution in [2.45, 2.75) is 90.6 Å². The van der Waals surface area contributed by atoms with Crippen molar-refractivity contribution in [3.63, 3.8) is 0 Å². The molecule has 3 N–H and O–H groups in total. The van der Waals surface area contributed by atoms with Gasteiger partial charge in [-0.1, -0.05) is 25.7 Å². The highest BCUT2D eigenvalue weighted by Gasteiger charge is 2.15. The van der Waals surface area contributed by atoms with Crippen LogP contribution >= 0.6 is 0 Å². The number of ether oxygens (including phenoxy) is 1. The van der Waals surface area contributed by atoms with Gasteiger partial charge in [-0.25, -0.2) is 4.79 Å². The van der Waals surface area contributed by atoms with Crippen LogP contribution < -0.4 is 10.6 Å². The highest BCUT2D eigenvalue weighted by molar-refractivity contribution is 5.75. The minimum atomic E-state index is -0.761. The molecule has 0 heterocycles. The van der Waals surface area contributed by atoms with Crippen LogP contribution in [0.3, 0.4) is 0 Å². The quantitative estimate of drug-likeness (QED) is 0.404. The monoisotopic (exact) mass is 372 g/mol. The van der Waals surface area contributed by atoms with Crippen LogP contribution in [-0.2, 0) is 14.3 Å². The number of carbonyl (C=O) groups excluding carboxylic acids is 2. The zero-order valence-electron chi connectivity index (χ0n) is 16.6. The van der Waals surface area contributed by atoms with Crippen molar-refractivity contribution in [1.82, 2.24) is 10.6 Å². The second-order valence-corrected chi connectivity index (χ2v) is 7.50. The molecule has 7 heteroatoms. The molecule has 7 nitrogen and oxygen atoms in total. The summed E-state index contributed by atoms with van der Waals surface area (Å²) in [6.07, 6.45) is 7.39. The Hall–Kier alpha value is -1.79. The molecular weight excluding hydrogens is 336 g/mol. The lowest BCUT2D eigenvalue weighted by Crippen LogP contribution is -2.33. The summed E-state index contributed by atoms with van der Waals surface area (Å²) in [6, 6.07) is 0. The number of hydrogen-bond donors (Lipinski definition) is 3. The molecule has 0 saturated heterocycles. The summed E-state index contributed by atoms with van der Waals surface area (Å²) in [5.74, 6) is -0.696. The van der Waals surface area contributed by atoms with Crippen molar-refractivity contribution in [3.8, 4) is 0 Å². The normalized spacial score (nSPS) is 11.0. The highest BCUT2D eigenvalue weighted by atomic mass is 16.6. The van der Waals surface area contributed by atoms with Crippen LogP contribution in [-0.4, -0.2) is 41.8 Å². The zero-order valence-corrected chi connectivity index (χ0v) is 16.6. The molecule has 0 aromatic rings. The standard InChI is InChI=1S/C19H36N2O5/c1-19(2,3)26-18(25)21-15-11-7-6-10-14-20-16(22)12-8-4-5-9-13-17(23)24/h4-15H2,1-3H3,(H,20,22)(H,21,25)(H,23,24). The third-order valence-electron chi connectivity index (χ3n) is 3.64. The summed E-state index contributed by atoms with van der Waals surface area (Å²) in [4.78, 5) is 33.4. The van der Waals surface area contributed by atoms with Crippen LogP contribution in [0.25, 0.3) is 0 Å². The minimum Gasteiger partial charge on any atom is -0.481 e. The van der Waals surface area contributed by atoms with Gasteiger partial charge < -0.3 is 20.5 Å². The van der Waals surface area contributed by atoms with E-state index in [2.05, 4.69) is 10.6 Å². The first kappa shape index (κ1) is 24.2. The largest absolute Gasteiger partial charge is 0.481 e. The first-order valence-electron chi connectivity index (χ1n) is 9.66. The van der Waals surface area contributed by atoms with E-state index >= 15 is 0 Å². The number of nitrogens with one attached hydrogen (secondary N) is 2. The molecule has 0 aliphatic heterocycles. The van der Waals surface area contributed by atoms with Crippen LogP contribution in [0.1, 0.15) is 85.0 Å².